The van der Waals surface area contributed by atoms with Gasteiger partial charge in [0.25, 0.3) is 5.91 Å². The van der Waals surface area contributed by atoms with Crippen molar-refractivity contribution in [3.8, 4) is 11.5 Å². The average molecular weight is 619 g/mol. The van der Waals surface area contributed by atoms with E-state index in [1.165, 1.54) is 0 Å². The van der Waals surface area contributed by atoms with Crippen LogP contribution in [0.25, 0.3) is 0 Å². The molecule has 0 bridgehead atoms. The zero-order chi connectivity index (χ0) is 32.5. The van der Waals surface area contributed by atoms with Crippen molar-refractivity contribution in [1.82, 2.24) is 10.6 Å². The molecule has 9 heteroatoms. The standard InChI is InChI=1S/C36H46N2O7/c1-4-5-24-38-35(42)27-10-12-28(13-11-27)36(29-14-18-31(43-2)19-15-29,30-16-20-32(44-3)21-17-30)45-26-9-7-6-8-25-37-33(39)22-23-34(40)41/h10-21H,4-9,22-26H2,1-3H3,(H,37,39)(H,38,42)(H,40,41). The first kappa shape index (κ1) is 35.1. The Hall–Kier alpha value is -4.37. The number of nitrogens with one attached hydrogen (secondary N) is 2. The fourth-order valence-corrected chi connectivity index (χ4v) is 5.08. The van der Waals surface area contributed by atoms with Crippen LogP contribution < -0.4 is 20.1 Å². The van der Waals surface area contributed by atoms with Crippen molar-refractivity contribution in [3.05, 3.63) is 95.1 Å². The molecule has 0 aliphatic rings. The highest BCUT2D eigenvalue weighted by Crippen LogP contribution is 2.42. The Morgan fingerprint density at radius 2 is 1.18 bits per heavy atom. The Kier molecular flexibility index (Phi) is 14.4. The summed E-state index contributed by atoms with van der Waals surface area (Å²) in [6.07, 6.45) is 5.13. The topological polar surface area (TPSA) is 123 Å². The third kappa shape index (κ3) is 10.4. The number of hydrogen-bond acceptors (Lipinski definition) is 6. The van der Waals surface area contributed by atoms with Crippen molar-refractivity contribution in [2.24, 2.45) is 0 Å². The maximum Gasteiger partial charge on any atom is 0.303 e. The van der Waals surface area contributed by atoms with Gasteiger partial charge in [-0.1, -0.05) is 62.6 Å². The molecular formula is C36H46N2O7. The SMILES string of the molecule is CCCCNC(=O)c1ccc(C(OCCCCCCNC(=O)CCC(=O)O)(c2ccc(OC)cc2)c2ccc(OC)cc2)cc1. The van der Waals surface area contributed by atoms with Gasteiger partial charge >= 0.3 is 5.97 Å². The number of benzene rings is 3. The Morgan fingerprint density at radius 1 is 0.667 bits per heavy atom. The summed E-state index contributed by atoms with van der Waals surface area (Å²) in [5.74, 6) is 0.143. The van der Waals surface area contributed by atoms with Crippen molar-refractivity contribution in [2.75, 3.05) is 33.9 Å². The number of methoxy groups -OCH3 is 2. The molecule has 9 nitrogen and oxygen atoms in total. The van der Waals surface area contributed by atoms with E-state index in [0.29, 0.717) is 25.3 Å². The van der Waals surface area contributed by atoms with Gasteiger partial charge in [0.2, 0.25) is 5.91 Å². The lowest BCUT2D eigenvalue weighted by Crippen LogP contribution is -2.33. The highest BCUT2D eigenvalue weighted by molar-refractivity contribution is 5.94. The van der Waals surface area contributed by atoms with Gasteiger partial charge in [-0.15, -0.1) is 0 Å². The van der Waals surface area contributed by atoms with Gasteiger partial charge < -0.3 is 30.0 Å². The number of carboxylic acids is 1. The molecule has 0 radical (unpaired) electrons. The Bertz CT molecular complexity index is 1290. The van der Waals surface area contributed by atoms with E-state index in [1.54, 1.807) is 14.2 Å². The second-order valence-corrected chi connectivity index (χ2v) is 10.8. The number of ether oxygens (including phenoxy) is 3. The summed E-state index contributed by atoms with van der Waals surface area (Å²) in [4.78, 5) is 35.2. The number of hydrogen-bond donors (Lipinski definition) is 3. The summed E-state index contributed by atoms with van der Waals surface area (Å²) in [6.45, 7) is 3.70. The molecule has 0 saturated carbocycles. The monoisotopic (exact) mass is 618 g/mol. The van der Waals surface area contributed by atoms with E-state index in [9.17, 15) is 14.4 Å². The first-order chi connectivity index (χ1) is 21.8. The van der Waals surface area contributed by atoms with Crippen LogP contribution in [0.15, 0.2) is 72.8 Å². The van der Waals surface area contributed by atoms with Crippen molar-refractivity contribution < 1.29 is 33.7 Å². The van der Waals surface area contributed by atoms with Crippen molar-refractivity contribution in [2.45, 2.75) is 63.9 Å². The number of unbranched alkanes of at least 4 members (excludes halogenated alkanes) is 4. The van der Waals surface area contributed by atoms with Crippen molar-refractivity contribution >= 4 is 17.8 Å². The lowest BCUT2D eigenvalue weighted by Gasteiger charge is -2.36. The lowest BCUT2D eigenvalue weighted by molar-refractivity contribution is -0.138. The lowest BCUT2D eigenvalue weighted by atomic mass is 9.79. The molecule has 242 valence electrons. The minimum atomic E-state index is -0.978. The van der Waals surface area contributed by atoms with E-state index in [-0.39, 0.29) is 24.7 Å². The predicted molar refractivity (Wildman–Crippen MR) is 174 cm³/mol. The Balaban J connectivity index is 1.82. The minimum Gasteiger partial charge on any atom is -0.497 e. The molecule has 0 aliphatic carbocycles. The van der Waals surface area contributed by atoms with Gasteiger partial charge in [0, 0.05) is 31.7 Å². The van der Waals surface area contributed by atoms with E-state index in [4.69, 9.17) is 19.3 Å². The van der Waals surface area contributed by atoms with E-state index < -0.39 is 11.6 Å². The quantitative estimate of drug-likeness (QED) is 0.104. The van der Waals surface area contributed by atoms with Crippen LogP contribution in [0.1, 0.15) is 85.3 Å². The van der Waals surface area contributed by atoms with Crippen LogP contribution in [0.5, 0.6) is 11.5 Å². The highest BCUT2D eigenvalue weighted by atomic mass is 16.5. The van der Waals surface area contributed by atoms with Crippen LogP contribution in [0.3, 0.4) is 0 Å². The summed E-state index contributed by atoms with van der Waals surface area (Å²) in [5.41, 5.74) is 2.32. The molecule has 0 aromatic heterocycles. The zero-order valence-electron chi connectivity index (χ0n) is 26.6. The summed E-state index contributed by atoms with van der Waals surface area (Å²) >= 11 is 0. The van der Waals surface area contributed by atoms with Gasteiger partial charge in [-0.25, -0.2) is 0 Å². The number of aliphatic carboxylic acids is 1. The van der Waals surface area contributed by atoms with Gasteiger partial charge in [-0.2, -0.15) is 0 Å². The summed E-state index contributed by atoms with van der Waals surface area (Å²) < 4.78 is 17.8. The molecular weight excluding hydrogens is 572 g/mol. The number of amides is 2. The number of carboxylic acid groups (broad SMARTS) is 1. The molecule has 3 N–H and O–H groups in total. The first-order valence-electron chi connectivity index (χ1n) is 15.6. The van der Waals surface area contributed by atoms with Crippen LogP contribution >= 0.6 is 0 Å². The molecule has 2 amide bonds. The number of rotatable bonds is 20. The van der Waals surface area contributed by atoms with E-state index in [0.717, 1.165) is 66.7 Å². The van der Waals surface area contributed by atoms with Crippen LogP contribution in [-0.4, -0.2) is 56.8 Å². The Morgan fingerprint density at radius 3 is 1.69 bits per heavy atom. The van der Waals surface area contributed by atoms with Gasteiger partial charge in [-0.3, -0.25) is 14.4 Å². The fraction of sp³-hybridized carbons (Fsp3) is 0.417. The minimum absolute atomic E-state index is 0.00745. The highest BCUT2D eigenvalue weighted by Gasteiger charge is 2.38. The number of carbonyl (C=O) groups is 3. The molecule has 0 aliphatic heterocycles. The van der Waals surface area contributed by atoms with Gasteiger partial charge in [0.15, 0.2) is 0 Å². The maximum absolute atomic E-state index is 12.8. The van der Waals surface area contributed by atoms with Crippen LogP contribution in [0.2, 0.25) is 0 Å². The van der Waals surface area contributed by atoms with Gasteiger partial charge in [-0.05, 0) is 72.4 Å². The molecule has 45 heavy (non-hydrogen) atoms. The smallest absolute Gasteiger partial charge is 0.303 e. The molecule has 0 saturated heterocycles. The van der Waals surface area contributed by atoms with Crippen LogP contribution in [-0.2, 0) is 19.9 Å². The molecule has 0 heterocycles. The van der Waals surface area contributed by atoms with E-state index >= 15 is 0 Å². The van der Waals surface area contributed by atoms with E-state index in [1.807, 2.05) is 72.8 Å². The average Bonchev–Trinajstić information content (AvgIpc) is 3.07. The zero-order valence-corrected chi connectivity index (χ0v) is 26.6. The maximum atomic E-state index is 12.8. The third-order valence-electron chi connectivity index (χ3n) is 7.64. The largest absolute Gasteiger partial charge is 0.497 e. The predicted octanol–water partition coefficient (Wildman–Crippen LogP) is 6.08. The molecule has 0 fully saturated rings. The molecule has 0 unspecified atom stereocenters. The van der Waals surface area contributed by atoms with Crippen molar-refractivity contribution in [3.63, 3.8) is 0 Å². The van der Waals surface area contributed by atoms with Gasteiger partial charge in [0.1, 0.15) is 17.1 Å². The van der Waals surface area contributed by atoms with Gasteiger partial charge in [0.05, 0.1) is 20.6 Å². The molecule has 0 atom stereocenters. The van der Waals surface area contributed by atoms with E-state index in [2.05, 4.69) is 17.6 Å². The number of carbonyl (C=O) groups excluding carboxylic acids is 2. The van der Waals surface area contributed by atoms with Crippen LogP contribution in [0.4, 0.5) is 0 Å². The molecule has 0 spiro atoms. The summed E-state index contributed by atoms with van der Waals surface area (Å²) in [5, 5.41) is 14.5. The second-order valence-electron chi connectivity index (χ2n) is 10.8. The summed E-state index contributed by atoms with van der Waals surface area (Å²) in [7, 11) is 3.27. The molecule has 3 aromatic rings. The van der Waals surface area contributed by atoms with Crippen LogP contribution in [0, 0.1) is 0 Å². The molecule has 3 aromatic carbocycles. The first-order valence-corrected chi connectivity index (χ1v) is 15.6. The van der Waals surface area contributed by atoms with Crippen molar-refractivity contribution in [1.29, 1.82) is 0 Å². The summed E-state index contributed by atoms with van der Waals surface area (Å²) in [6, 6.07) is 23.3. The third-order valence-corrected chi connectivity index (χ3v) is 7.64. The Labute approximate surface area is 266 Å². The normalized spacial score (nSPS) is 11.1. The fourth-order valence-electron chi connectivity index (χ4n) is 5.08. The molecule has 3 rings (SSSR count). The second kappa shape index (κ2) is 18.4.